The van der Waals surface area contributed by atoms with Gasteiger partial charge in [0.05, 0.1) is 29.6 Å². The van der Waals surface area contributed by atoms with E-state index in [1.807, 2.05) is 18.2 Å². The third-order valence-corrected chi connectivity index (χ3v) is 5.33. The van der Waals surface area contributed by atoms with Crippen LogP contribution in [0.4, 0.5) is 18.9 Å². The molecule has 0 aliphatic carbocycles. The molecule has 2 aromatic carbocycles. The molecule has 3 N–H and O–H groups in total. The number of ether oxygens (including phenoxy) is 1. The van der Waals surface area contributed by atoms with Crippen molar-refractivity contribution in [1.82, 2.24) is 9.97 Å². The van der Waals surface area contributed by atoms with Gasteiger partial charge in [-0.3, -0.25) is 4.79 Å². The van der Waals surface area contributed by atoms with Gasteiger partial charge < -0.3 is 20.0 Å². The third-order valence-electron chi connectivity index (χ3n) is 5.09. The van der Waals surface area contributed by atoms with E-state index in [1.165, 1.54) is 19.4 Å². The zero-order chi connectivity index (χ0) is 22.9. The van der Waals surface area contributed by atoms with E-state index in [1.54, 1.807) is 18.2 Å². The summed E-state index contributed by atoms with van der Waals surface area (Å²) in [5.41, 5.74) is 1.30. The largest absolute Gasteiger partial charge is 0.496 e. The molecule has 166 valence electrons. The maximum Gasteiger partial charge on any atom is 0.420 e. The minimum atomic E-state index is -4.57. The van der Waals surface area contributed by atoms with Crippen molar-refractivity contribution in [1.29, 1.82) is 0 Å². The molecule has 0 bridgehead atoms. The molecule has 2 heterocycles. The number of aromatic amines is 2. The van der Waals surface area contributed by atoms with E-state index in [-0.39, 0.29) is 16.8 Å². The van der Waals surface area contributed by atoms with Crippen molar-refractivity contribution in [3.8, 4) is 17.0 Å². The minimum Gasteiger partial charge on any atom is -0.496 e. The molecule has 5 nitrogen and oxygen atoms in total. The summed E-state index contributed by atoms with van der Waals surface area (Å²) in [5, 5.41) is 4.38. The lowest BCUT2D eigenvalue weighted by Crippen LogP contribution is -2.14. The van der Waals surface area contributed by atoms with Crippen molar-refractivity contribution in [3.05, 3.63) is 81.2 Å². The summed E-state index contributed by atoms with van der Waals surface area (Å²) in [6, 6.07) is 13.1. The maximum atomic E-state index is 13.4. The lowest BCUT2D eigenvalue weighted by atomic mass is 10.1. The van der Waals surface area contributed by atoms with Crippen LogP contribution in [-0.4, -0.2) is 23.6 Å². The van der Waals surface area contributed by atoms with Crippen LogP contribution < -0.4 is 15.6 Å². The molecule has 0 aliphatic rings. The van der Waals surface area contributed by atoms with Gasteiger partial charge in [0.25, 0.3) is 5.56 Å². The van der Waals surface area contributed by atoms with Crippen molar-refractivity contribution in [3.63, 3.8) is 0 Å². The Labute approximate surface area is 186 Å². The fraction of sp³-hybridized carbons (Fsp3) is 0.174. The van der Waals surface area contributed by atoms with E-state index in [0.717, 1.165) is 11.6 Å². The number of rotatable bonds is 6. The van der Waals surface area contributed by atoms with Crippen LogP contribution in [0.2, 0.25) is 5.02 Å². The second-order valence-corrected chi connectivity index (χ2v) is 7.66. The smallest absolute Gasteiger partial charge is 0.420 e. The molecule has 0 aliphatic heterocycles. The number of alkyl halides is 3. The first-order chi connectivity index (χ1) is 15.3. The van der Waals surface area contributed by atoms with Crippen LogP contribution in [0.15, 0.2) is 59.5 Å². The lowest BCUT2D eigenvalue weighted by Gasteiger charge is -2.11. The van der Waals surface area contributed by atoms with Gasteiger partial charge >= 0.3 is 6.18 Å². The normalized spacial score (nSPS) is 11.7. The number of aromatic nitrogens is 2. The van der Waals surface area contributed by atoms with Gasteiger partial charge in [0.2, 0.25) is 0 Å². The Morgan fingerprint density at radius 3 is 2.66 bits per heavy atom. The van der Waals surface area contributed by atoms with Gasteiger partial charge in [0.1, 0.15) is 5.75 Å². The number of anilines is 1. The number of halogens is 4. The first kappa shape index (κ1) is 21.8. The van der Waals surface area contributed by atoms with Crippen LogP contribution in [0.5, 0.6) is 5.75 Å². The van der Waals surface area contributed by atoms with E-state index in [4.69, 9.17) is 16.3 Å². The number of nitrogens with one attached hydrogen (secondary N) is 3. The van der Waals surface area contributed by atoms with E-state index in [2.05, 4.69) is 15.3 Å². The first-order valence-electron chi connectivity index (χ1n) is 9.74. The van der Waals surface area contributed by atoms with Crippen LogP contribution in [-0.2, 0) is 12.6 Å². The lowest BCUT2D eigenvalue weighted by molar-refractivity contribution is -0.138. The first-order valence-corrected chi connectivity index (χ1v) is 10.1. The summed E-state index contributed by atoms with van der Waals surface area (Å²) >= 11 is 6.02. The number of methoxy groups -OCH3 is 1. The van der Waals surface area contributed by atoms with E-state index >= 15 is 0 Å². The van der Waals surface area contributed by atoms with Gasteiger partial charge in [-0.2, -0.15) is 13.2 Å². The molecule has 0 saturated carbocycles. The topological polar surface area (TPSA) is 69.9 Å². The van der Waals surface area contributed by atoms with Crippen molar-refractivity contribution < 1.29 is 17.9 Å². The molecule has 32 heavy (non-hydrogen) atoms. The highest BCUT2D eigenvalue weighted by Gasteiger charge is 2.35. The van der Waals surface area contributed by atoms with Crippen LogP contribution in [0.1, 0.15) is 11.1 Å². The summed E-state index contributed by atoms with van der Waals surface area (Å²) in [6.07, 6.45) is -2.38. The SMILES string of the molecule is COc1cc2cc(-c3c(NCCc4cccc(Cl)c4)cc[nH]c3=O)[nH]c2cc1C(F)(F)F. The number of benzene rings is 2. The molecule has 0 radical (unpaired) electrons. The predicted molar refractivity (Wildman–Crippen MR) is 120 cm³/mol. The van der Waals surface area contributed by atoms with Gasteiger partial charge in [-0.25, -0.2) is 0 Å². The van der Waals surface area contributed by atoms with Crippen LogP contribution in [0, 0.1) is 0 Å². The zero-order valence-corrected chi connectivity index (χ0v) is 17.7. The third kappa shape index (κ3) is 4.45. The molecular weight excluding hydrogens is 443 g/mol. The Hall–Kier alpha value is -3.39. The van der Waals surface area contributed by atoms with Gasteiger partial charge in [-0.05, 0) is 48.4 Å². The van der Waals surface area contributed by atoms with Gasteiger partial charge in [0.15, 0.2) is 0 Å². The van der Waals surface area contributed by atoms with Gasteiger partial charge in [-0.1, -0.05) is 23.7 Å². The van der Waals surface area contributed by atoms with Crippen molar-refractivity contribution >= 4 is 28.2 Å². The van der Waals surface area contributed by atoms with Crippen LogP contribution in [0.3, 0.4) is 0 Å². The molecule has 0 amide bonds. The number of hydrogen-bond donors (Lipinski definition) is 3. The molecule has 2 aromatic heterocycles. The Morgan fingerprint density at radius 2 is 1.94 bits per heavy atom. The molecule has 0 unspecified atom stereocenters. The fourth-order valence-corrected chi connectivity index (χ4v) is 3.83. The number of H-pyrrole nitrogens is 2. The Morgan fingerprint density at radius 1 is 1.12 bits per heavy atom. The Bertz CT molecular complexity index is 1330. The Balaban J connectivity index is 1.68. The molecule has 4 rings (SSSR count). The van der Waals surface area contributed by atoms with E-state index < -0.39 is 11.7 Å². The van der Waals surface area contributed by atoms with Crippen LogP contribution in [0.25, 0.3) is 22.2 Å². The second kappa shape index (κ2) is 8.63. The van der Waals surface area contributed by atoms with E-state index in [0.29, 0.717) is 40.3 Å². The molecule has 9 heteroatoms. The van der Waals surface area contributed by atoms with E-state index in [9.17, 15) is 18.0 Å². The predicted octanol–water partition coefficient (Wildman–Crippen LogP) is 5.86. The summed E-state index contributed by atoms with van der Waals surface area (Å²) in [5.74, 6) is -0.280. The molecule has 0 saturated heterocycles. The summed E-state index contributed by atoms with van der Waals surface area (Å²) in [6.45, 7) is 0.531. The summed E-state index contributed by atoms with van der Waals surface area (Å²) in [4.78, 5) is 18.2. The standard InChI is InChI=1S/C23H19ClF3N3O2/c1-32-20-11-14-10-19(30-18(14)12-16(20)23(25,26)27)21-17(6-8-29-22(21)31)28-7-5-13-3-2-4-15(24)9-13/h2-4,6,8-12,30H,5,7H2,1H3,(H2,28,29,31). The fourth-order valence-electron chi connectivity index (χ4n) is 3.61. The average molecular weight is 462 g/mol. The minimum absolute atomic E-state index is 0.251. The quantitative estimate of drug-likeness (QED) is 0.337. The summed E-state index contributed by atoms with van der Waals surface area (Å²) < 4.78 is 45.0. The van der Waals surface area contributed by atoms with Crippen molar-refractivity contribution in [2.75, 3.05) is 19.0 Å². The molecule has 4 aromatic rings. The molecule has 0 fully saturated rings. The highest BCUT2D eigenvalue weighted by molar-refractivity contribution is 6.30. The number of hydrogen-bond acceptors (Lipinski definition) is 3. The molecule has 0 spiro atoms. The monoisotopic (exact) mass is 461 g/mol. The van der Waals surface area contributed by atoms with Gasteiger partial charge in [0, 0.05) is 28.7 Å². The molecule has 0 atom stereocenters. The van der Waals surface area contributed by atoms with Crippen molar-refractivity contribution in [2.24, 2.45) is 0 Å². The number of pyridine rings is 1. The zero-order valence-electron chi connectivity index (χ0n) is 16.9. The summed E-state index contributed by atoms with van der Waals surface area (Å²) in [7, 11) is 1.19. The second-order valence-electron chi connectivity index (χ2n) is 7.22. The Kier molecular flexibility index (Phi) is 5.88. The molecular formula is C23H19ClF3N3O2. The maximum absolute atomic E-state index is 13.4. The number of fused-ring (bicyclic) bond motifs is 1. The highest BCUT2D eigenvalue weighted by atomic mass is 35.5. The average Bonchev–Trinajstić information content (AvgIpc) is 3.14. The van der Waals surface area contributed by atoms with Crippen molar-refractivity contribution in [2.45, 2.75) is 12.6 Å². The highest BCUT2D eigenvalue weighted by Crippen LogP contribution is 2.39. The van der Waals surface area contributed by atoms with Crippen LogP contribution >= 0.6 is 11.6 Å². The van der Waals surface area contributed by atoms with Gasteiger partial charge in [-0.15, -0.1) is 0 Å².